The molecule has 0 amide bonds. The summed E-state index contributed by atoms with van der Waals surface area (Å²) in [6, 6.07) is 32.2. The maximum atomic E-state index is 13.1. The van der Waals surface area contributed by atoms with Gasteiger partial charge in [0.15, 0.2) is 0 Å². The van der Waals surface area contributed by atoms with E-state index in [1.54, 1.807) is 48.5 Å². The predicted octanol–water partition coefficient (Wildman–Crippen LogP) is 5.55. The van der Waals surface area contributed by atoms with E-state index in [-0.39, 0.29) is 12.3 Å². The molecule has 4 aromatic carbocycles. The van der Waals surface area contributed by atoms with Gasteiger partial charge in [-0.25, -0.2) is 0 Å². The molecule has 0 spiro atoms. The van der Waals surface area contributed by atoms with Crippen LogP contribution in [0.1, 0.15) is 11.1 Å². The van der Waals surface area contributed by atoms with Gasteiger partial charge in [-0.2, -0.15) is 0 Å². The van der Waals surface area contributed by atoms with Gasteiger partial charge in [0.2, 0.25) is 14.7 Å². The summed E-state index contributed by atoms with van der Waals surface area (Å²) < 4.78 is 26.3. The Morgan fingerprint density at radius 1 is 0.469 bits per heavy atom. The first-order valence-corrected chi connectivity index (χ1v) is 14.0. The Bertz CT molecular complexity index is 1200. The van der Waals surface area contributed by atoms with Crippen LogP contribution >= 0.6 is 14.7 Å². The van der Waals surface area contributed by atoms with Gasteiger partial charge in [-0.3, -0.25) is 9.13 Å². The van der Waals surface area contributed by atoms with Crippen LogP contribution in [-0.4, -0.2) is 9.79 Å². The van der Waals surface area contributed by atoms with Crippen LogP contribution in [-0.2, 0) is 21.5 Å². The highest BCUT2D eigenvalue weighted by Crippen LogP contribution is 2.48. The molecule has 6 heteroatoms. The Kier molecular flexibility index (Phi) is 6.60. The van der Waals surface area contributed by atoms with E-state index >= 15 is 0 Å². The van der Waals surface area contributed by atoms with E-state index in [0.717, 1.165) is 22.3 Å². The fourth-order valence-corrected chi connectivity index (χ4v) is 6.92. The summed E-state index contributed by atoms with van der Waals surface area (Å²) in [6.07, 6.45) is -0.0337. The van der Waals surface area contributed by atoms with Crippen LogP contribution in [0, 0.1) is 0 Å². The van der Waals surface area contributed by atoms with E-state index in [2.05, 4.69) is 0 Å². The van der Waals surface area contributed by atoms with Crippen LogP contribution < -0.4 is 10.6 Å². The molecule has 2 atom stereocenters. The first-order chi connectivity index (χ1) is 15.4. The summed E-state index contributed by atoms with van der Waals surface area (Å²) in [6.45, 7) is 0. The van der Waals surface area contributed by atoms with Gasteiger partial charge in [0.1, 0.15) is 0 Å². The molecule has 2 unspecified atom stereocenters. The normalized spacial score (nSPS) is 14.9. The highest BCUT2D eigenvalue weighted by molar-refractivity contribution is 7.65. The second-order valence-corrected chi connectivity index (χ2v) is 12.2. The summed E-state index contributed by atoms with van der Waals surface area (Å²) in [5, 5.41) is 0.819. The van der Waals surface area contributed by atoms with Gasteiger partial charge in [0, 0.05) is 10.6 Å². The van der Waals surface area contributed by atoms with E-state index in [0.29, 0.717) is 10.6 Å². The zero-order valence-corrected chi connectivity index (χ0v) is 19.2. The van der Waals surface area contributed by atoms with Crippen molar-refractivity contribution in [2.24, 2.45) is 0 Å². The largest absolute Gasteiger partial charge is 0.341 e. The minimum absolute atomic E-state index is 0.0169. The average molecular weight is 462 g/mol. The van der Waals surface area contributed by atoms with Crippen molar-refractivity contribution in [3.8, 4) is 11.1 Å². The third-order valence-corrected chi connectivity index (χ3v) is 9.16. The van der Waals surface area contributed by atoms with Crippen LogP contribution in [0.2, 0.25) is 0 Å². The third-order valence-electron chi connectivity index (χ3n) is 5.41. The van der Waals surface area contributed by atoms with E-state index < -0.39 is 14.7 Å². The van der Waals surface area contributed by atoms with Crippen molar-refractivity contribution in [1.82, 2.24) is 0 Å². The first kappa shape index (κ1) is 22.5. The van der Waals surface area contributed by atoms with Crippen molar-refractivity contribution in [1.29, 1.82) is 0 Å². The molecule has 0 aliphatic rings. The molecule has 32 heavy (non-hydrogen) atoms. The highest BCUT2D eigenvalue weighted by atomic mass is 31.2. The van der Waals surface area contributed by atoms with Crippen molar-refractivity contribution in [3.63, 3.8) is 0 Å². The van der Waals surface area contributed by atoms with Crippen LogP contribution in [0.3, 0.4) is 0 Å². The number of hydrogen-bond donors (Lipinski definition) is 2. The van der Waals surface area contributed by atoms with Crippen molar-refractivity contribution < 1.29 is 18.9 Å². The van der Waals surface area contributed by atoms with Crippen LogP contribution in [0.5, 0.6) is 0 Å². The molecule has 0 fully saturated rings. The Balaban J connectivity index is 1.72. The van der Waals surface area contributed by atoms with Gasteiger partial charge in [-0.05, 0) is 46.5 Å². The molecule has 0 radical (unpaired) electrons. The molecule has 0 aliphatic carbocycles. The molecular weight excluding hydrogens is 438 g/mol. The molecular formula is C26H24O4P2. The molecule has 4 rings (SSSR count). The molecule has 0 bridgehead atoms. The minimum atomic E-state index is -3.62. The average Bonchev–Trinajstić information content (AvgIpc) is 2.81. The van der Waals surface area contributed by atoms with E-state index in [1.807, 2.05) is 60.7 Å². The SMILES string of the molecule is O=P(O)(Cc1ccccc1-c1ccccc1CP(=O)(O)c1ccccc1)c1ccccc1. The Hall–Kier alpha value is -2.74. The van der Waals surface area contributed by atoms with E-state index in [9.17, 15) is 18.9 Å². The lowest BCUT2D eigenvalue weighted by molar-refractivity contribution is 0.487. The summed E-state index contributed by atoms with van der Waals surface area (Å²) in [5.41, 5.74) is 3.03. The molecule has 4 aromatic rings. The molecule has 0 aromatic heterocycles. The van der Waals surface area contributed by atoms with E-state index in [4.69, 9.17) is 0 Å². The molecule has 0 aliphatic heterocycles. The van der Waals surface area contributed by atoms with Crippen molar-refractivity contribution in [3.05, 3.63) is 120 Å². The fraction of sp³-hybridized carbons (Fsp3) is 0.0769. The van der Waals surface area contributed by atoms with Gasteiger partial charge in [-0.1, -0.05) is 84.9 Å². The van der Waals surface area contributed by atoms with E-state index in [1.165, 1.54) is 0 Å². The van der Waals surface area contributed by atoms with Gasteiger partial charge >= 0.3 is 0 Å². The van der Waals surface area contributed by atoms with Crippen molar-refractivity contribution >= 4 is 25.3 Å². The minimum Gasteiger partial charge on any atom is -0.341 e. The maximum Gasteiger partial charge on any atom is 0.233 e. The second kappa shape index (κ2) is 9.40. The van der Waals surface area contributed by atoms with Gasteiger partial charge in [0.05, 0.1) is 12.3 Å². The smallest absolute Gasteiger partial charge is 0.233 e. The summed E-state index contributed by atoms with van der Waals surface area (Å²) >= 11 is 0. The summed E-state index contributed by atoms with van der Waals surface area (Å²) in [5.74, 6) is 0. The summed E-state index contributed by atoms with van der Waals surface area (Å²) in [4.78, 5) is 21.6. The Morgan fingerprint density at radius 3 is 1.16 bits per heavy atom. The standard InChI is InChI=1S/C26H24O4P2/c27-31(28,23-13-3-1-4-14-23)19-21-11-7-9-17-25(21)26-18-10-8-12-22(26)20-32(29,30)24-15-5-2-6-16-24/h1-18H,19-20H2,(H,27,28)(H,29,30). The van der Waals surface area contributed by atoms with Gasteiger partial charge in [-0.15, -0.1) is 0 Å². The zero-order chi connectivity index (χ0) is 22.6. The molecule has 0 saturated heterocycles. The third kappa shape index (κ3) is 5.01. The monoisotopic (exact) mass is 462 g/mol. The molecule has 4 nitrogen and oxygen atoms in total. The lowest BCUT2D eigenvalue weighted by Crippen LogP contribution is -2.07. The van der Waals surface area contributed by atoms with Crippen LogP contribution in [0.4, 0.5) is 0 Å². The number of benzene rings is 4. The number of hydrogen-bond acceptors (Lipinski definition) is 2. The topological polar surface area (TPSA) is 74.6 Å². The first-order valence-electron chi connectivity index (χ1n) is 10.3. The Morgan fingerprint density at radius 2 is 0.781 bits per heavy atom. The van der Waals surface area contributed by atoms with Crippen LogP contribution in [0.25, 0.3) is 11.1 Å². The fourth-order valence-electron chi connectivity index (χ4n) is 3.81. The highest BCUT2D eigenvalue weighted by Gasteiger charge is 2.26. The Labute approximate surface area is 188 Å². The summed E-state index contributed by atoms with van der Waals surface area (Å²) in [7, 11) is -7.24. The number of rotatable bonds is 7. The van der Waals surface area contributed by atoms with Crippen LogP contribution in [0.15, 0.2) is 109 Å². The lowest BCUT2D eigenvalue weighted by Gasteiger charge is -2.18. The molecule has 162 valence electrons. The van der Waals surface area contributed by atoms with Crippen molar-refractivity contribution in [2.45, 2.75) is 12.3 Å². The van der Waals surface area contributed by atoms with Crippen molar-refractivity contribution in [2.75, 3.05) is 0 Å². The predicted molar refractivity (Wildman–Crippen MR) is 131 cm³/mol. The lowest BCUT2D eigenvalue weighted by atomic mass is 9.97. The van der Waals surface area contributed by atoms with Gasteiger partial charge < -0.3 is 9.79 Å². The maximum absolute atomic E-state index is 13.1. The second-order valence-electron chi connectivity index (χ2n) is 7.70. The quantitative estimate of drug-likeness (QED) is 0.354. The zero-order valence-electron chi connectivity index (χ0n) is 17.4. The van der Waals surface area contributed by atoms with Gasteiger partial charge in [0.25, 0.3) is 0 Å². The molecule has 0 saturated carbocycles. The molecule has 2 N–H and O–H groups in total. The molecule has 0 heterocycles.